The predicted octanol–water partition coefficient (Wildman–Crippen LogP) is 3.58. The molecule has 0 saturated heterocycles. The van der Waals surface area contributed by atoms with Crippen LogP contribution >= 0.6 is 12.4 Å². The number of anilines is 1. The van der Waals surface area contributed by atoms with Gasteiger partial charge in [-0.15, -0.1) is 12.4 Å². The van der Waals surface area contributed by atoms with Crippen LogP contribution in [0.4, 0.5) is 5.69 Å². The summed E-state index contributed by atoms with van der Waals surface area (Å²) in [6, 6.07) is 5.41. The summed E-state index contributed by atoms with van der Waals surface area (Å²) >= 11 is 0. The predicted molar refractivity (Wildman–Crippen MR) is 106 cm³/mol. The molecule has 1 aliphatic rings. The SMILES string of the molecule is Cl.O=C(Nc1cnccc1OCc1ccncc1)c1c[nH]c2c1C(=O)CCC2. The van der Waals surface area contributed by atoms with Gasteiger partial charge in [-0.2, -0.15) is 0 Å². The van der Waals surface area contributed by atoms with Crippen LogP contribution in [0.2, 0.25) is 0 Å². The summed E-state index contributed by atoms with van der Waals surface area (Å²) in [6.07, 6.45) is 10.2. The van der Waals surface area contributed by atoms with Gasteiger partial charge in [-0.3, -0.25) is 19.6 Å². The molecule has 7 nitrogen and oxygen atoms in total. The number of fused-ring (bicyclic) bond motifs is 1. The number of amides is 1. The lowest BCUT2D eigenvalue weighted by atomic mass is 9.93. The number of carbonyl (C=O) groups excluding carboxylic acids is 2. The van der Waals surface area contributed by atoms with Crippen LogP contribution in [-0.4, -0.2) is 26.6 Å². The quantitative estimate of drug-likeness (QED) is 0.684. The zero-order valence-corrected chi connectivity index (χ0v) is 15.8. The number of carbonyl (C=O) groups is 2. The van der Waals surface area contributed by atoms with Crippen molar-refractivity contribution in [1.82, 2.24) is 15.0 Å². The molecular weight excluding hydrogens is 380 g/mol. The van der Waals surface area contributed by atoms with Crippen molar-refractivity contribution in [3.63, 3.8) is 0 Å². The number of aromatic nitrogens is 3. The van der Waals surface area contributed by atoms with Gasteiger partial charge in [0.05, 0.1) is 17.3 Å². The minimum Gasteiger partial charge on any atom is -0.487 e. The van der Waals surface area contributed by atoms with Gasteiger partial charge in [0.2, 0.25) is 0 Å². The number of pyridine rings is 2. The number of aromatic amines is 1. The Hall–Kier alpha value is -3.19. The van der Waals surface area contributed by atoms with E-state index in [0.29, 0.717) is 35.6 Å². The van der Waals surface area contributed by atoms with Gasteiger partial charge in [0.25, 0.3) is 5.91 Å². The molecule has 0 unspecified atom stereocenters. The average Bonchev–Trinajstić information content (AvgIpc) is 3.14. The molecule has 3 aromatic heterocycles. The van der Waals surface area contributed by atoms with Crippen molar-refractivity contribution < 1.29 is 14.3 Å². The van der Waals surface area contributed by atoms with E-state index in [1.54, 1.807) is 30.9 Å². The maximum atomic E-state index is 12.7. The van der Waals surface area contributed by atoms with Crippen molar-refractivity contribution in [2.24, 2.45) is 0 Å². The van der Waals surface area contributed by atoms with Crippen LogP contribution in [-0.2, 0) is 13.0 Å². The number of ketones is 1. The molecule has 0 fully saturated rings. The largest absolute Gasteiger partial charge is 0.487 e. The monoisotopic (exact) mass is 398 g/mol. The molecule has 28 heavy (non-hydrogen) atoms. The number of nitrogens with one attached hydrogen (secondary N) is 2. The Balaban J connectivity index is 0.00000225. The number of hydrogen-bond acceptors (Lipinski definition) is 5. The standard InChI is InChI=1S/C20H18N4O3.ClH/c25-17-3-1-2-15-19(17)14(10-23-15)20(26)24-16-11-22-9-6-18(16)27-12-13-4-7-21-8-5-13;/h4-11,23H,1-3,12H2,(H,24,26);1H. The second-order valence-corrected chi connectivity index (χ2v) is 6.30. The summed E-state index contributed by atoms with van der Waals surface area (Å²) in [5.41, 5.74) is 3.11. The zero-order valence-electron chi connectivity index (χ0n) is 15.0. The van der Waals surface area contributed by atoms with E-state index in [4.69, 9.17) is 4.74 Å². The molecule has 1 aliphatic carbocycles. The molecule has 3 aromatic rings. The van der Waals surface area contributed by atoms with Gasteiger partial charge >= 0.3 is 0 Å². The van der Waals surface area contributed by atoms with Crippen molar-refractivity contribution in [1.29, 1.82) is 0 Å². The first-order chi connectivity index (χ1) is 13.2. The number of ether oxygens (including phenoxy) is 1. The highest BCUT2D eigenvalue weighted by Crippen LogP contribution is 2.27. The third-order valence-electron chi connectivity index (χ3n) is 4.49. The molecule has 2 N–H and O–H groups in total. The first-order valence-electron chi connectivity index (χ1n) is 8.73. The van der Waals surface area contributed by atoms with Crippen molar-refractivity contribution >= 4 is 29.8 Å². The summed E-state index contributed by atoms with van der Waals surface area (Å²) in [5.74, 6) is 0.151. The van der Waals surface area contributed by atoms with Gasteiger partial charge in [0.15, 0.2) is 5.78 Å². The molecule has 8 heteroatoms. The molecule has 0 aliphatic heterocycles. The highest BCUT2D eigenvalue weighted by Gasteiger charge is 2.26. The number of nitrogens with zero attached hydrogens (tertiary/aromatic N) is 2. The molecule has 3 heterocycles. The fourth-order valence-electron chi connectivity index (χ4n) is 3.14. The van der Waals surface area contributed by atoms with Gasteiger partial charge in [0.1, 0.15) is 18.0 Å². The number of Topliss-reactive ketones (excluding diaryl/α,β-unsaturated/α-hetero) is 1. The molecule has 0 aromatic carbocycles. The van der Waals surface area contributed by atoms with Crippen LogP contribution in [0.25, 0.3) is 0 Å². The number of rotatable bonds is 5. The lowest BCUT2D eigenvalue weighted by molar-refractivity contribution is 0.0956. The van der Waals surface area contributed by atoms with E-state index in [9.17, 15) is 9.59 Å². The van der Waals surface area contributed by atoms with Crippen molar-refractivity contribution in [3.05, 3.63) is 71.6 Å². The van der Waals surface area contributed by atoms with E-state index in [-0.39, 0.29) is 24.1 Å². The second kappa shape index (κ2) is 8.67. The highest BCUT2D eigenvalue weighted by atomic mass is 35.5. The molecule has 0 saturated carbocycles. The molecule has 0 spiro atoms. The molecule has 0 atom stereocenters. The van der Waals surface area contributed by atoms with Gasteiger partial charge in [0, 0.05) is 43.0 Å². The third-order valence-corrected chi connectivity index (χ3v) is 4.49. The molecule has 144 valence electrons. The Labute approximate surface area is 168 Å². The fourth-order valence-corrected chi connectivity index (χ4v) is 3.14. The number of halogens is 1. The Kier molecular flexibility index (Phi) is 6.06. The van der Waals surface area contributed by atoms with Crippen molar-refractivity contribution in [3.8, 4) is 5.75 Å². The average molecular weight is 399 g/mol. The third kappa shape index (κ3) is 4.04. The van der Waals surface area contributed by atoms with E-state index in [1.807, 2.05) is 12.1 Å². The van der Waals surface area contributed by atoms with Crippen LogP contribution in [0.5, 0.6) is 5.75 Å². The van der Waals surface area contributed by atoms with Crippen LogP contribution in [0.3, 0.4) is 0 Å². The van der Waals surface area contributed by atoms with Crippen LogP contribution in [0.1, 0.15) is 44.8 Å². The first-order valence-corrected chi connectivity index (χ1v) is 8.73. The van der Waals surface area contributed by atoms with E-state index in [1.165, 1.54) is 6.20 Å². The second-order valence-electron chi connectivity index (χ2n) is 6.30. The maximum Gasteiger partial charge on any atom is 0.258 e. The number of hydrogen-bond donors (Lipinski definition) is 2. The van der Waals surface area contributed by atoms with E-state index < -0.39 is 0 Å². The van der Waals surface area contributed by atoms with E-state index in [2.05, 4.69) is 20.3 Å². The first kappa shape index (κ1) is 19.6. The zero-order chi connectivity index (χ0) is 18.6. The Bertz CT molecular complexity index is 988. The maximum absolute atomic E-state index is 12.7. The normalized spacial score (nSPS) is 12.6. The number of H-pyrrole nitrogens is 1. The van der Waals surface area contributed by atoms with Crippen LogP contribution in [0, 0.1) is 0 Å². The summed E-state index contributed by atoms with van der Waals surface area (Å²) < 4.78 is 5.82. The topological polar surface area (TPSA) is 97.0 Å². The lowest BCUT2D eigenvalue weighted by Gasteiger charge is -2.14. The summed E-state index contributed by atoms with van der Waals surface area (Å²) in [6.45, 7) is 0.341. The Morgan fingerprint density at radius 1 is 1.14 bits per heavy atom. The minimum atomic E-state index is -0.357. The van der Waals surface area contributed by atoms with Crippen LogP contribution < -0.4 is 10.1 Å². The molecule has 0 bridgehead atoms. The lowest BCUT2D eigenvalue weighted by Crippen LogP contribution is -2.18. The van der Waals surface area contributed by atoms with Crippen molar-refractivity contribution in [2.75, 3.05) is 5.32 Å². The van der Waals surface area contributed by atoms with Gasteiger partial charge in [-0.25, -0.2) is 0 Å². The van der Waals surface area contributed by atoms with Gasteiger partial charge in [-0.1, -0.05) is 0 Å². The fraction of sp³-hybridized carbons (Fsp3) is 0.200. The molecular formula is C20H19ClN4O3. The summed E-state index contributed by atoms with van der Waals surface area (Å²) in [4.78, 5) is 36.0. The number of aryl methyl sites for hydroxylation is 1. The van der Waals surface area contributed by atoms with Gasteiger partial charge in [-0.05, 0) is 30.5 Å². The minimum absolute atomic E-state index is 0. The molecule has 4 rings (SSSR count). The molecule has 0 radical (unpaired) electrons. The Morgan fingerprint density at radius 3 is 2.75 bits per heavy atom. The van der Waals surface area contributed by atoms with E-state index >= 15 is 0 Å². The van der Waals surface area contributed by atoms with Gasteiger partial charge < -0.3 is 15.0 Å². The van der Waals surface area contributed by atoms with Crippen LogP contribution in [0.15, 0.2) is 49.2 Å². The molecule has 1 amide bonds. The summed E-state index contributed by atoms with van der Waals surface area (Å²) in [7, 11) is 0. The summed E-state index contributed by atoms with van der Waals surface area (Å²) in [5, 5.41) is 2.81. The highest BCUT2D eigenvalue weighted by molar-refractivity contribution is 6.13. The smallest absolute Gasteiger partial charge is 0.258 e. The Morgan fingerprint density at radius 2 is 1.93 bits per heavy atom. The van der Waals surface area contributed by atoms with Crippen molar-refractivity contribution in [2.45, 2.75) is 25.9 Å². The van der Waals surface area contributed by atoms with E-state index in [0.717, 1.165) is 24.1 Å².